The van der Waals surface area contributed by atoms with Gasteiger partial charge in [0.1, 0.15) is 29.8 Å². The molecule has 0 atom stereocenters. The van der Waals surface area contributed by atoms with Crippen molar-refractivity contribution >= 4 is 33.6 Å². The molecule has 0 bridgehead atoms. The molecule has 3 aromatic carbocycles. The standard InChI is InChI=1S/C23H16BrFN2O2/c24-19-5-3-6-20(13-19)27-23(28)18(14-26)12-16-8-10-21(11-9-16)29-15-17-4-1-2-7-22(17)25/h1-13H,15H2,(H,27,28)/b18-12-. The van der Waals surface area contributed by atoms with Crippen LogP contribution in [0.3, 0.4) is 0 Å². The second-order valence-electron chi connectivity index (χ2n) is 6.08. The van der Waals surface area contributed by atoms with Crippen molar-refractivity contribution in [3.63, 3.8) is 0 Å². The second-order valence-corrected chi connectivity index (χ2v) is 7.00. The zero-order valence-electron chi connectivity index (χ0n) is 15.2. The summed E-state index contributed by atoms with van der Waals surface area (Å²) in [6.45, 7) is 0.111. The van der Waals surface area contributed by atoms with Crippen molar-refractivity contribution in [2.45, 2.75) is 6.61 Å². The molecule has 0 fully saturated rings. The highest BCUT2D eigenvalue weighted by molar-refractivity contribution is 9.10. The van der Waals surface area contributed by atoms with Crippen molar-refractivity contribution in [3.8, 4) is 11.8 Å². The number of anilines is 1. The number of hydrogen-bond acceptors (Lipinski definition) is 3. The molecule has 0 heterocycles. The van der Waals surface area contributed by atoms with Crippen molar-refractivity contribution in [1.29, 1.82) is 5.26 Å². The molecule has 0 aliphatic rings. The topological polar surface area (TPSA) is 62.1 Å². The smallest absolute Gasteiger partial charge is 0.266 e. The second kappa shape index (κ2) is 9.67. The first kappa shape index (κ1) is 20.3. The van der Waals surface area contributed by atoms with Crippen molar-refractivity contribution < 1.29 is 13.9 Å². The van der Waals surface area contributed by atoms with Crippen LogP contribution < -0.4 is 10.1 Å². The minimum Gasteiger partial charge on any atom is -0.489 e. The summed E-state index contributed by atoms with van der Waals surface area (Å²) in [6.07, 6.45) is 1.49. The number of benzene rings is 3. The number of rotatable bonds is 6. The van der Waals surface area contributed by atoms with Crippen LogP contribution in [0.2, 0.25) is 0 Å². The zero-order chi connectivity index (χ0) is 20.6. The first-order chi connectivity index (χ1) is 14.0. The lowest BCUT2D eigenvalue weighted by atomic mass is 10.1. The third-order valence-electron chi connectivity index (χ3n) is 3.99. The molecule has 0 unspecified atom stereocenters. The summed E-state index contributed by atoms with van der Waals surface area (Å²) in [4.78, 5) is 12.3. The fourth-order valence-electron chi connectivity index (χ4n) is 2.52. The fourth-order valence-corrected chi connectivity index (χ4v) is 2.92. The normalized spacial score (nSPS) is 10.9. The van der Waals surface area contributed by atoms with Gasteiger partial charge in [0.2, 0.25) is 0 Å². The third kappa shape index (κ3) is 5.77. The van der Waals surface area contributed by atoms with E-state index in [1.807, 2.05) is 12.1 Å². The van der Waals surface area contributed by atoms with Gasteiger partial charge < -0.3 is 10.1 Å². The SMILES string of the molecule is N#C/C(=C/c1ccc(OCc2ccccc2F)cc1)C(=O)Nc1cccc(Br)c1. The molecule has 1 amide bonds. The zero-order valence-corrected chi connectivity index (χ0v) is 16.8. The Labute approximate surface area is 176 Å². The summed E-state index contributed by atoms with van der Waals surface area (Å²) >= 11 is 3.33. The lowest BCUT2D eigenvalue weighted by molar-refractivity contribution is -0.112. The molecule has 29 heavy (non-hydrogen) atoms. The van der Waals surface area contributed by atoms with E-state index in [0.717, 1.165) is 4.47 Å². The molecule has 0 saturated heterocycles. The van der Waals surface area contributed by atoms with Gasteiger partial charge in [-0.1, -0.05) is 52.3 Å². The minimum atomic E-state index is -0.495. The average Bonchev–Trinajstić information content (AvgIpc) is 2.72. The Morgan fingerprint density at radius 3 is 2.55 bits per heavy atom. The van der Waals surface area contributed by atoms with Gasteiger partial charge in [0.05, 0.1) is 0 Å². The molecule has 4 nitrogen and oxygen atoms in total. The summed E-state index contributed by atoms with van der Waals surface area (Å²) in [7, 11) is 0. The fraction of sp³-hybridized carbons (Fsp3) is 0.0435. The Morgan fingerprint density at radius 1 is 1.10 bits per heavy atom. The summed E-state index contributed by atoms with van der Waals surface area (Å²) in [5, 5.41) is 12.0. The van der Waals surface area contributed by atoms with E-state index in [-0.39, 0.29) is 18.0 Å². The largest absolute Gasteiger partial charge is 0.489 e. The summed E-state index contributed by atoms with van der Waals surface area (Å²) in [5.74, 6) is -0.254. The van der Waals surface area contributed by atoms with E-state index in [9.17, 15) is 14.4 Å². The van der Waals surface area contributed by atoms with Gasteiger partial charge in [-0.2, -0.15) is 5.26 Å². The van der Waals surface area contributed by atoms with Crippen LogP contribution in [-0.4, -0.2) is 5.91 Å². The monoisotopic (exact) mass is 450 g/mol. The summed E-state index contributed by atoms with van der Waals surface area (Å²) < 4.78 is 20.0. The Balaban J connectivity index is 1.66. The molecule has 1 N–H and O–H groups in total. The highest BCUT2D eigenvalue weighted by atomic mass is 79.9. The molecule has 144 valence electrons. The Hall–Kier alpha value is -3.43. The minimum absolute atomic E-state index is 0.0231. The van der Waals surface area contributed by atoms with Crippen LogP contribution >= 0.6 is 15.9 Å². The van der Waals surface area contributed by atoms with Gasteiger partial charge in [0.15, 0.2) is 0 Å². The number of nitrogens with zero attached hydrogens (tertiary/aromatic N) is 1. The van der Waals surface area contributed by atoms with Crippen LogP contribution in [0.15, 0.2) is 82.8 Å². The first-order valence-corrected chi connectivity index (χ1v) is 9.49. The molecule has 0 radical (unpaired) electrons. The lowest BCUT2D eigenvalue weighted by Gasteiger charge is -2.08. The van der Waals surface area contributed by atoms with E-state index >= 15 is 0 Å². The van der Waals surface area contributed by atoms with E-state index in [0.29, 0.717) is 22.6 Å². The van der Waals surface area contributed by atoms with Crippen molar-refractivity contribution in [1.82, 2.24) is 0 Å². The highest BCUT2D eigenvalue weighted by Crippen LogP contribution is 2.19. The lowest BCUT2D eigenvalue weighted by Crippen LogP contribution is -2.13. The van der Waals surface area contributed by atoms with Crippen molar-refractivity contribution in [3.05, 3.63) is 99.8 Å². The van der Waals surface area contributed by atoms with Crippen molar-refractivity contribution in [2.75, 3.05) is 5.32 Å². The third-order valence-corrected chi connectivity index (χ3v) is 4.48. The van der Waals surface area contributed by atoms with Gasteiger partial charge in [0.25, 0.3) is 5.91 Å². The number of nitriles is 1. The molecule has 0 aliphatic heterocycles. The van der Waals surface area contributed by atoms with Crippen LogP contribution in [0, 0.1) is 17.1 Å². The number of ether oxygens (including phenoxy) is 1. The van der Waals surface area contributed by atoms with E-state index in [4.69, 9.17) is 4.74 Å². The molecular weight excluding hydrogens is 435 g/mol. The first-order valence-electron chi connectivity index (χ1n) is 8.70. The number of hydrogen-bond donors (Lipinski definition) is 1. The maximum atomic E-state index is 13.6. The van der Waals surface area contributed by atoms with Crippen LogP contribution in [-0.2, 0) is 11.4 Å². The van der Waals surface area contributed by atoms with E-state index in [2.05, 4.69) is 21.2 Å². The van der Waals surface area contributed by atoms with Crippen LogP contribution in [0.25, 0.3) is 6.08 Å². The number of nitrogens with one attached hydrogen (secondary N) is 1. The van der Waals surface area contributed by atoms with Gasteiger partial charge in [-0.3, -0.25) is 4.79 Å². The molecule has 0 spiro atoms. The quantitative estimate of drug-likeness (QED) is 0.386. The molecule has 3 rings (SSSR count). The van der Waals surface area contributed by atoms with Gasteiger partial charge in [-0.05, 0) is 48.0 Å². The maximum absolute atomic E-state index is 13.6. The molecule has 0 saturated carbocycles. The molecule has 0 aliphatic carbocycles. The van der Waals surface area contributed by atoms with Gasteiger partial charge >= 0.3 is 0 Å². The molecule has 6 heteroatoms. The Morgan fingerprint density at radius 2 is 1.86 bits per heavy atom. The number of amides is 1. The van der Waals surface area contributed by atoms with Gasteiger partial charge in [-0.25, -0.2) is 4.39 Å². The van der Waals surface area contributed by atoms with Gasteiger partial charge in [0, 0.05) is 15.7 Å². The van der Waals surface area contributed by atoms with Crippen molar-refractivity contribution in [2.24, 2.45) is 0 Å². The van der Waals surface area contributed by atoms with Gasteiger partial charge in [-0.15, -0.1) is 0 Å². The predicted molar refractivity (Wildman–Crippen MR) is 114 cm³/mol. The number of carbonyl (C=O) groups is 1. The number of carbonyl (C=O) groups excluding carboxylic acids is 1. The molecule has 0 aromatic heterocycles. The summed E-state index contributed by atoms with van der Waals surface area (Å²) in [5.41, 5.74) is 1.70. The Bertz CT molecular complexity index is 1090. The van der Waals surface area contributed by atoms with Crippen LogP contribution in [0.1, 0.15) is 11.1 Å². The highest BCUT2D eigenvalue weighted by Gasteiger charge is 2.10. The van der Waals surface area contributed by atoms with Crippen LogP contribution in [0.4, 0.5) is 10.1 Å². The average molecular weight is 451 g/mol. The Kier molecular flexibility index (Phi) is 6.77. The maximum Gasteiger partial charge on any atom is 0.266 e. The van der Waals surface area contributed by atoms with E-state index in [1.165, 1.54) is 12.1 Å². The van der Waals surface area contributed by atoms with Crippen LogP contribution in [0.5, 0.6) is 5.75 Å². The number of halogens is 2. The van der Waals surface area contributed by atoms with E-state index in [1.54, 1.807) is 60.7 Å². The van der Waals surface area contributed by atoms with E-state index < -0.39 is 5.91 Å². The molecule has 3 aromatic rings. The predicted octanol–water partition coefficient (Wildman–Crippen LogP) is 5.71. The summed E-state index contributed by atoms with van der Waals surface area (Å²) in [6, 6.07) is 22.3. The molecular formula is C23H16BrFN2O2.